The molecular formula is C13H20FN3O2S. The highest BCUT2D eigenvalue weighted by molar-refractivity contribution is 7.99. The summed E-state index contributed by atoms with van der Waals surface area (Å²) in [6.45, 7) is 2.47. The highest BCUT2D eigenvalue weighted by atomic mass is 32.2. The van der Waals surface area contributed by atoms with Gasteiger partial charge in [0, 0.05) is 23.4 Å². The predicted molar refractivity (Wildman–Crippen MR) is 79.6 cm³/mol. The lowest BCUT2D eigenvalue weighted by Crippen LogP contribution is -2.37. The molecule has 2 atom stereocenters. The standard InChI is InChI=1S/C13H20FN3O2S/c1-8(12(7-18)20-2)16-6-9-3-4-10(14)5-11(9)13(15)17-19/h3-5,8,12,16,18-19H,6-7H2,1-2H3,(H2,15,17). The Morgan fingerprint density at radius 3 is 2.80 bits per heavy atom. The van der Waals surface area contributed by atoms with Crippen LogP contribution in [-0.2, 0) is 6.54 Å². The Labute approximate surface area is 122 Å². The lowest BCUT2D eigenvalue weighted by atomic mass is 10.1. The molecule has 0 aliphatic heterocycles. The Balaban J connectivity index is 2.82. The molecule has 0 aliphatic rings. The van der Waals surface area contributed by atoms with Crippen molar-refractivity contribution in [3.05, 3.63) is 35.1 Å². The van der Waals surface area contributed by atoms with Crippen LogP contribution >= 0.6 is 11.8 Å². The Kier molecular flexibility index (Phi) is 6.77. The highest BCUT2D eigenvalue weighted by Crippen LogP contribution is 2.14. The van der Waals surface area contributed by atoms with E-state index in [-0.39, 0.29) is 23.7 Å². The summed E-state index contributed by atoms with van der Waals surface area (Å²) in [4.78, 5) is 0. The molecular weight excluding hydrogens is 281 g/mol. The SMILES string of the molecule is CSC(CO)C(C)NCc1ccc(F)cc1/C(N)=N/O. The van der Waals surface area contributed by atoms with E-state index in [0.29, 0.717) is 12.1 Å². The summed E-state index contributed by atoms with van der Waals surface area (Å²) in [5, 5.41) is 24.2. The number of nitrogens with two attached hydrogens (primary N) is 1. The first-order chi connectivity index (χ1) is 9.53. The summed E-state index contributed by atoms with van der Waals surface area (Å²) in [7, 11) is 0. The second-order valence-corrected chi connectivity index (χ2v) is 5.49. The van der Waals surface area contributed by atoms with E-state index in [4.69, 9.17) is 10.9 Å². The number of thioether (sulfide) groups is 1. The molecule has 5 N–H and O–H groups in total. The van der Waals surface area contributed by atoms with Crippen LogP contribution in [0.5, 0.6) is 0 Å². The van der Waals surface area contributed by atoms with Crippen LogP contribution in [0.2, 0.25) is 0 Å². The van der Waals surface area contributed by atoms with Gasteiger partial charge in [-0.25, -0.2) is 4.39 Å². The van der Waals surface area contributed by atoms with Gasteiger partial charge in [-0.15, -0.1) is 0 Å². The fraction of sp³-hybridized carbons (Fsp3) is 0.462. The van der Waals surface area contributed by atoms with Gasteiger partial charge in [-0.3, -0.25) is 0 Å². The number of halogens is 1. The van der Waals surface area contributed by atoms with Crippen molar-refractivity contribution < 1.29 is 14.7 Å². The number of hydrogen-bond donors (Lipinski definition) is 4. The van der Waals surface area contributed by atoms with Crippen molar-refractivity contribution in [1.29, 1.82) is 0 Å². The van der Waals surface area contributed by atoms with Crippen LogP contribution < -0.4 is 11.1 Å². The van der Waals surface area contributed by atoms with Crippen LogP contribution in [0, 0.1) is 5.82 Å². The molecule has 5 nitrogen and oxygen atoms in total. The number of hydrogen-bond acceptors (Lipinski definition) is 5. The quantitative estimate of drug-likeness (QED) is 0.262. The van der Waals surface area contributed by atoms with Gasteiger partial charge in [-0.2, -0.15) is 11.8 Å². The van der Waals surface area contributed by atoms with Crippen molar-refractivity contribution >= 4 is 17.6 Å². The van der Waals surface area contributed by atoms with E-state index in [2.05, 4.69) is 10.5 Å². The van der Waals surface area contributed by atoms with E-state index in [9.17, 15) is 9.50 Å². The summed E-state index contributed by atoms with van der Waals surface area (Å²) in [5.41, 5.74) is 6.63. The summed E-state index contributed by atoms with van der Waals surface area (Å²) in [6.07, 6.45) is 1.93. The first-order valence-electron chi connectivity index (χ1n) is 6.16. The van der Waals surface area contributed by atoms with Crippen molar-refractivity contribution in [1.82, 2.24) is 5.32 Å². The van der Waals surface area contributed by atoms with Crippen LogP contribution in [0.15, 0.2) is 23.4 Å². The van der Waals surface area contributed by atoms with E-state index < -0.39 is 5.82 Å². The van der Waals surface area contributed by atoms with Crippen molar-refractivity contribution in [2.45, 2.75) is 24.8 Å². The zero-order valence-electron chi connectivity index (χ0n) is 11.5. The van der Waals surface area contributed by atoms with Gasteiger partial charge in [0.1, 0.15) is 5.82 Å². The molecule has 0 heterocycles. The number of rotatable bonds is 7. The molecule has 0 radical (unpaired) electrons. The van der Waals surface area contributed by atoms with E-state index in [1.165, 1.54) is 12.1 Å². The third-order valence-corrected chi connectivity index (χ3v) is 4.27. The van der Waals surface area contributed by atoms with Crippen LogP contribution in [0.3, 0.4) is 0 Å². The zero-order valence-corrected chi connectivity index (χ0v) is 12.3. The predicted octanol–water partition coefficient (Wildman–Crippen LogP) is 1.12. The number of aliphatic hydroxyl groups is 1. The van der Waals surface area contributed by atoms with Gasteiger partial charge in [0.25, 0.3) is 0 Å². The van der Waals surface area contributed by atoms with Gasteiger partial charge in [0.05, 0.1) is 6.61 Å². The fourth-order valence-corrected chi connectivity index (χ4v) is 2.49. The number of nitrogens with one attached hydrogen (secondary N) is 1. The highest BCUT2D eigenvalue weighted by Gasteiger charge is 2.16. The smallest absolute Gasteiger partial charge is 0.170 e. The van der Waals surface area contributed by atoms with Crippen LogP contribution in [0.25, 0.3) is 0 Å². The normalized spacial score (nSPS) is 15.1. The van der Waals surface area contributed by atoms with Gasteiger partial charge in [-0.1, -0.05) is 11.2 Å². The Hall–Kier alpha value is -1.31. The van der Waals surface area contributed by atoms with Crippen molar-refractivity contribution in [3.8, 4) is 0 Å². The van der Waals surface area contributed by atoms with Crippen molar-refractivity contribution in [2.75, 3.05) is 12.9 Å². The molecule has 20 heavy (non-hydrogen) atoms. The van der Waals surface area contributed by atoms with E-state index in [0.717, 1.165) is 5.56 Å². The van der Waals surface area contributed by atoms with Crippen LogP contribution in [0.4, 0.5) is 4.39 Å². The number of benzene rings is 1. The number of oxime groups is 1. The van der Waals surface area contributed by atoms with Gasteiger partial charge in [-0.05, 0) is 30.9 Å². The second-order valence-electron chi connectivity index (χ2n) is 4.41. The Morgan fingerprint density at radius 2 is 2.25 bits per heavy atom. The van der Waals surface area contributed by atoms with Gasteiger partial charge >= 0.3 is 0 Å². The molecule has 0 aliphatic carbocycles. The number of amidine groups is 1. The van der Waals surface area contributed by atoms with E-state index >= 15 is 0 Å². The molecule has 0 bridgehead atoms. The zero-order chi connectivity index (χ0) is 15.1. The van der Waals surface area contributed by atoms with Crippen LogP contribution in [-0.4, -0.2) is 40.3 Å². The number of aliphatic hydroxyl groups excluding tert-OH is 1. The van der Waals surface area contributed by atoms with Gasteiger partial charge in [0.15, 0.2) is 5.84 Å². The monoisotopic (exact) mass is 301 g/mol. The first-order valence-corrected chi connectivity index (χ1v) is 7.45. The summed E-state index contributed by atoms with van der Waals surface area (Å²) < 4.78 is 13.2. The molecule has 0 saturated carbocycles. The minimum Gasteiger partial charge on any atom is -0.409 e. The summed E-state index contributed by atoms with van der Waals surface area (Å²) in [5.74, 6) is -0.571. The summed E-state index contributed by atoms with van der Waals surface area (Å²) >= 11 is 1.57. The Bertz CT molecular complexity index is 467. The minimum absolute atomic E-state index is 0.0696. The second kappa shape index (κ2) is 8.08. The van der Waals surface area contributed by atoms with Gasteiger partial charge < -0.3 is 21.4 Å². The van der Waals surface area contributed by atoms with Crippen molar-refractivity contribution in [2.24, 2.45) is 10.9 Å². The maximum atomic E-state index is 13.2. The molecule has 0 fully saturated rings. The molecule has 1 aromatic rings. The lowest BCUT2D eigenvalue weighted by molar-refractivity contribution is 0.276. The molecule has 0 amide bonds. The fourth-order valence-electron chi connectivity index (χ4n) is 1.83. The molecule has 0 spiro atoms. The topological polar surface area (TPSA) is 90.9 Å². The molecule has 2 unspecified atom stereocenters. The van der Waals surface area contributed by atoms with Gasteiger partial charge in [0.2, 0.25) is 0 Å². The average molecular weight is 301 g/mol. The maximum absolute atomic E-state index is 13.2. The van der Waals surface area contributed by atoms with E-state index in [1.54, 1.807) is 17.8 Å². The molecule has 1 rings (SSSR count). The minimum atomic E-state index is -0.444. The molecule has 7 heteroatoms. The maximum Gasteiger partial charge on any atom is 0.170 e. The summed E-state index contributed by atoms with van der Waals surface area (Å²) in [6, 6.07) is 4.22. The first kappa shape index (κ1) is 16.7. The largest absolute Gasteiger partial charge is 0.409 e. The third-order valence-electron chi connectivity index (χ3n) is 3.11. The lowest BCUT2D eigenvalue weighted by Gasteiger charge is -2.22. The van der Waals surface area contributed by atoms with E-state index in [1.807, 2.05) is 13.2 Å². The third kappa shape index (κ3) is 4.36. The number of nitrogens with zero attached hydrogens (tertiary/aromatic N) is 1. The van der Waals surface area contributed by atoms with Crippen LogP contribution in [0.1, 0.15) is 18.1 Å². The molecule has 112 valence electrons. The Morgan fingerprint density at radius 1 is 1.55 bits per heavy atom. The molecule has 1 aromatic carbocycles. The molecule has 0 aromatic heterocycles. The molecule has 0 saturated heterocycles. The average Bonchev–Trinajstić information content (AvgIpc) is 2.46. The van der Waals surface area contributed by atoms with Crippen molar-refractivity contribution in [3.63, 3.8) is 0 Å².